The Labute approximate surface area is 231 Å². The van der Waals surface area contributed by atoms with E-state index < -0.39 is 17.2 Å². The molecule has 4 N–H and O–H groups in total. The summed E-state index contributed by atoms with van der Waals surface area (Å²) in [5.74, 6) is -0.937. The molecule has 3 aliphatic rings. The van der Waals surface area contributed by atoms with E-state index in [4.69, 9.17) is 5.73 Å². The highest BCUT2D eigenvalue weighted by Gasteiger charge is 2.31. The van der Waals surface area contributed by atoms with Crippen molar-refractivity contribution < 1.29 is 9.18 Å². The number of nitrogens with zero attached hydrogens (tertiary/aromatic N) is 3. The number of pyridine rings is 1. The summed E-state index contributed by atoms with van der Waals surface area (Å²) in [4.78, 5) is 31.4. The lowest BCUT2D eigenvalue weighted by molar-refractivity contribution is 0.0949. The van der Waals surface area contributed by atoms with Crippen molar-refractivity contribution in [2.24, 2.45) is 5.73 Å². The average molecular weight is 541 g/mol. The fourth-order valence-electron chi connectivity index (χ4n) is 6.67. The van der Waals surface area contributed by atoms with Crippen molar-refractivity contribution >= 4 is 44.6 Å². The van der Waals surface area contributed by atoms with Crippen LogP contribution >= 0.6 is 0 Å². The molecule has 1 aromatic heterocycles. The standard InChI is InChI=1S/C31H33FN6O2/c1-36-11-4-7-21(36)8-10-34-31(40)23-17-38-26-14-19-6-3-2-5-18(19)13-25(26)35-27-28(38)22(30(23)39)15-24(32)29(27)37-12-9-20(33)16-37/h2-3,5-6,13-15,17,20-21,35H,4,7-12,16,33H2,1H3,(H,34,40). The van der Waals surface area contributed by atoms with Crippen LogP contribution in [0.15, 0.2) is 53.5 Å². The summed E-state index contributed by atoms with van der Waals surface area (Å²) in [6, 6.07) is 13.8. The summed E-state index contributed by atoms with van der Waals surface area (Å²) >= 11 is 0. The lowest BCUT2D eigenvalue weighted by Gasteiger charge is -2.30. The van der Waals surface area contributed by atoms with Crippen molar-refractivity contribution in [3.05, 3.63) is 70.3 Å². The molecule has 0 saturated carbocycles. The van der Waals surface area contributed by atoms with E-state index in [9.17, 15) is 9.59 Å². The molecule has 0 aliphatic carbocycles. The number of carbonyl (C=O) groups excluding carboxylic acids is 1. The summed E-state index contributed by atoms with van der Waals surface area (Å²) < 4.78 is 17.8. The molecule has 2 saturated heterocycles. The number of nitrogens with one attached hydrogen (secondary N) is 2. The molecule has 3 aromatic carbocycles. The molecule has 7 rings (SSSR count). The molecule has 3 aliphatic heterocycles. The third kappa shape index (κ3) is 4.03. The Morgan fingerprint density at radius 3 is 2.67 bits per heavy atom. The minimum atomic E-state index is -0.501. The summed E-state index contributed by atoms with van der Waals surface area (Å²) in [6.45, 7) is 2.70. The molecule has 0 spiro atoms. The van der Waals surface area contributed by atoms with Gasteiger partial charge < -0.3 is 30.7 Å². The third-order valence-electron chi connectivity index (χ3n) is 8.82. The van der Waals surface area contributed by atoms with Crippen LogP contribution in [-0.2, 0) is 0 Å². The summed E-state index contributed by atoms with van der Waals surface area (Å²) in [5, 5.41) is 8.64. The van der Waals surface area contributed by atoms with Gasteiger partial charge in [0.05, 0.1) is 33.7 Å². The molecule has 8 nitrogen and oxygen atoms in total. The van der Waals surface area contributed by atoms with Crippen molar-refractivity contribution in [2.75, 3.05) is 43.4 Å². The Bertz CT molecular complexity index is 1730. The highest BCUT2D eigenvalue weighted by molar-refractivity contribution is 6.08. The van der Waals surface area contributed by atoms with E-state index in [1.54, 1.807) is 6.20 Å². The van der Waals surface area contributed by atoms with E-state index in [0.717, 1.165) is 54.4 Å². The number of amides is 1. The Morgan fingerprint density at radius 2 is 1.95 bits per heavy atom. The molecule has 1 amide bonds. The molecule has 2 fully saturated rings. The molecular formula is C31H33FN6O2. The largest absolute Gasteiger partial charge is 0.366 e. The number of rotatable bonds is 5. The Balaban J connectivity index is 1.38. The first-order valence-corrected chi connectivity index (χ1v) is 14.1. The van der Waals surface area contributed by atoms with E-state index in [-0.39, 0.29) is 17.0 Å². The fraction of sp³-hybridized carbons (Fsp3) is 0.355. The highest BCUT2D eigenvalue weighted by atomic mass is 19.1. The number of hydrogen-bond donors (Lipinski definition) is 3. The van der Waals surface area contributed by atoms with Gasteiger partial charge in [0.1, 0.15) is 11.4 Å². The lowest BCUT2D eigenvalue weighted by Crippen LogP contribution is -2.34. The maximum absolute atomic E-state index is 15.9. The van der Waals surface area contributed by atoms with Crippen LogP contribution < -0.4 is 26.7 Å². The quantitative estimate of drug-likeness (QED) is 0.311. The second kappa shape index (κ2) is 9.60. The van der Waals surface area contributed by atoms with Gasteiger partial charge in [0.15, 0.2) is 0 Å². The van der Waals surface area contributed by atoms with E-state index in [0.29, 0.717) is 42.6 Å². The van der Waals surface area contributed by atoms with Crippen molar-refractivity contribution in [2.45, 2.75) is 37.8 Å². The number of benzene rings is 3. The van der Waals surface area contributed by atoms with E-state index in [1.807, 2.05) is 45.9 Å². The predicted octanol–water partition coefficient (Wildman–Crippen LogP) is 4.09. The van der Waals surface area contributed by atoms with Crippen LogP contribution in [0.1, 0.15) is 36.0 Å². The van der Waals surface area contributed by atoms with Crippen molar-refractivity contribution in [1.29, 1.82) is 0 Å². The monoisotopic (exact) mass is 540 g/mol. The number of aromatic nitrogens is 1. The number of hydrogen-bond acceptors (Lipinski definition) is 6. The van der Waals surface area contributed by atoms with Gasteiger partial charge in [0.25, 0.3) is 5.91 Å². The van der Waals surface area contributed by atoms with Gasteiger partial charge in [-0.15, -0.1) is 0 Å². The van der Waals surface area contributed by atoms with Crippen LogP contribution in [0.4, 0.5) is 21.5 Å². The fourth-order valence-corrected chi connectivity index (χ4v) is 6.67. The number of fused-ring (bicyclic) bond motifs is 3. The topological polar surface area (TPSA) is 95.6 Å². The van der Waals surface area contributed by atoms with Gasteiger partial charge in [-0.05, 0) is 68.2 Å². The summed E-state index contributed by atoms with van der Waals surface area (Å²) in [7, 11) is 2.10. The first-order chi connectivity index (χ1) is 19.4. The van der Waals surface area contributed by atoms with Gasteiger partial charge in [-0.2, -0.15) is 0 Å². The number of carbonyl (C=O) groups is 1. The van der Waals surface area contributed by atoms with E-state index in [1.165, 1.54) is 6.07 Å². The maximum atomic E-state index is 15.9. The molecule has 2 unspecified atom stereocenters. The molecule has 4 heterocycles. The molecule has 4 aromatic rings. The van der Waals surface area contributed by atoms with Crippen molar-refractivity contribution in [1.82, 2.24) is 14.8 Å². The van der Waals surface area contributed by atoms with Gasteiger partial charge in [0, 0.05) is 37.9 Å². The summed E-state index contributed by atoms with van der Waals surface area (Å²) in [6.07, 6.45) is 5.48. The van der Waals surface area contributed by atoms with Crippen LogP contribution in [0.5, 0.6) is 0 Å². The normalized spacial score (nSPS) is 20.2. The third-order valence-corrected chi connectivity index (χ3v) is 8.82. The first-order valence-electron chi connectivity index (χ1n) is 14.1. The first kappa shape index (κ1) is 25.0. The van der Waals surface area contributed by atoms with Gasteiger partial charge in [-0.3, -0.25) is 9.59 Å². The van der Waals surface area contributed by atoms with E-state index in [2.05, 4.69) is 22.6 Å². The van der Waals surface area contributed by atoms with Crippen LogP contribution in [-0.4, -0.2) is 60.7 Å². The SMILES string of the molecule is CN1CCCC1CCNC(=O)c1cn2c3c(c(N4CCC(N)C4)c(F)cc3c1=O)Nc1cc3ccccc3cc1-2. The Hall–Kier alpha value is -3.95. The number of anilines is 3. The molecule has 9 heteroatoms. The minimum absolute atomic E-state index is 0.00887. The smallest absolute Gasteiger partial charge is 0.256 e. The molecule has 0 bridgehead atoms. The van der Waals surface area contributed by atoms with Crippen LogP contribution in [0.25, 0.3) is 27.4 Å². The molecule has 0 radical (unpaired) electrons. The number of likely N-dealkylation sites (tertiary alicyclic amines) is 1. The van der Waals surface area contributed by atoms with Crippen molar-refractivity contribution in [3.63, 3.8) is 0 Å². The number of halogens is 1. The van der Waals surface area contributed by atoms with Crippen LogP contribution in [0.3, 0.4) is 0 Å². The molecular weight excluding hydrogens is 507 g/mol. The zero-order valence-electron chi connectivity index (χ0n) is 22.5. The second-order valence-corrected chi connectivity index (χ2v) is 11.4. The molecule has 206 valence electrons. The number of nitrogens with two attached hydrogens (primary N) is 1. The van der Waals surface area contributed by atoms with Crippen LogP contribution in [0, 0.1) is 5.82 Å². The average Bonchev–Trinajstić information content (AvgIpc) is 3.56. The van der Waals surface area contributed by atoms with Crippen LogP contribution in [0.2, 0.25) is 0 Å². The van der Waals surface area contributed by atoms with Gasteiger partial charge in [-0.25, -0.2) is 4.39 Å². The molecule has 40 heavy (non-hydrogen) atoms. The lowest BCUT2D eigenvalue weighted by atomic mass is 10.0. The Morgan fingerprint density at radius 1 is 1.15 bits per heavy atom. The zero-order valence-corrected chi connectivity index (χ0v) is 22.5. The zero-order chi connectivity index (χ0) is 27.5. The highest BCUT2D eigenvalue weighted by Crippen LogP contribution is 2.45. The van der Waals surface area contributed by atoms with E-state index >= 15 is 4.39 Å². The second-order valence-electron chi connectivity index (χ2n) is 11.4. The molecule has 2 atom stereocenters. The van der Waals surface area contributed by atoms with Gasteiger partial charge in [-0.1, -0.05) is 24.3 Å². The Kier molecular flexibility index (Phi) is 6.01. The summed E-state index contributed by atoms with van der Waals surface area (Å²) in [5.41, 5.74) is 8.79. The minimum Gasteiger partial charge on any atom is -0.366 e. The van der Waals surface area contributed by atoms with Crippen molar-refractivity contribution in [3.8, 4) is 5.69 Å². The predicted molar refractivity (Wildman–Crippen MR) is 158 cm³/mol. The van der Waals surface area contributed by atoms with Gasteiger partial charge in [0.2, 0.25) is 5.43 Å². The van der Waals surface area contributed by atoms with Gasteiger partial charge >= 0.3 is 0 Å². The maximum Gasteiger partial charge on any atom is 0.256 e.